The van der Waals surface area contributed by atoms with Crippen LogP contribution in [0, 0.1) is 0 Å². The number of amides is 4. The lowest BCUT2D eigenvalue weighted by Crippen LogP contribution is -2.43. The molecule has 0 saturated carbocycles. The molecule has 4 amide bonds. The zero-order valence-corrected chi connectivity index (χ0v) is 18.7. The number of nitrogens with zero attached hydrogens (tertiary/aromatic N) is 2. The highest BCUT2D eigenvalue weighted by Crippen LogP contribution is 2.36. The fraction of sp³-hybridized carbons (Fsp3) is 0.381. The maximum atomic E-state index is 13.2. The summed E-state index contributed by atoms with van der Waals surface area (Å²) in [5, 5.41) is 2.72. The van der Waals surface area contributed by atoms with Crippen molar-refractivity contribution in [1.82, 2.24) is 15.1 Å². The number of halogens is 1. The molecule has 2 aromatic rings. The van der Waals surface area contributed by atoms with Gasteiger partial charge in [-0.2, -0.15) is 0 Å². The zero-order chi connectivity index (χ0) is 22.2. The lowest BCUT2D eigenvalue weighted by atomic mass is 9.91. The first kappa shape index (κ1) is 21.5. The van der Waals surface area contributed by atoms with Crippen molar-refractivity contribution in [1.29, 1.82) is 0 Å². The minimum Gasteiger partial charge on any atom is -0.490 e. The van der Waals surface area contributed by atoms with Crippen molar-refractivity contribution in [2.45, 2.75) is 25.4 Å². The molecule has 164 valence electrons. The fourth-order valence-electron chi connectivity index (χ4n) is 3.53. The second-order valence-corrected chi connectivity index (χ2v) is 9.41. The number of thiophene rings is 1. The number of rotatable bonds is 5. The summed E-state index contributed by atoms with van der Waals surface area (Å²) in [6.07, 6.45) is 0.762. The molecule has 8 nitrogen and oxygen atoms in total. The third-order valence-corrected chi connectivity index (χ3v) is 6.56. The van der Waals surface area contributed by atoms with Gasteiger partial charge in [-0.1, -0.05) is 17.7 Å². The lowest BCUT2D eigenvalue weighted by molar-refractivity contribution is -0.138. The van der Waals surface area contributed by atoms with Gasteiger partial charge >= 0.3 is 6.03 Å². The number of carbonyl (C=O) groups is 3. The predicted molar refractivity (Wildman–Crippen MR) is 115 cm³/mol. The van der Waals surface area contributed by atoms with Gasteiger partial charge in [0.05, 0.1) is 24.1 Å². The number of likely N-dealkylation sites (N-methyl/N-ethyl adjacent to an activating group) is 1. The molecule has 3 heterocycles. The van der Waals surface area contributed by atoms with Gasteiger partial charge in [-0.25, -0.2) is 4.79 Å². The molecule has 1 fully saturated rings. The second kappa shape index (κ2) is 8.39. The van der Waals surface area contributed by atoms with E-state index in [0.29, 0.717) is 41.2 Å². The molecule has 10 heteroatoms. The quantitative estimate of drug-likeness (QED) is 0.689. The summed E-state index contributed by atoms with van der Waals surface area (Å²) in [7, 11) is 1.62. The maximum absolute atomic E-state index is 13.2. The minimum absolute atomic E-state index is 0.347. The van der Waals surface area contributed by atoms with Crippen molar-refractivity contribution in [2.24, 2.45) is 0 Å². The number of hydrogen-bond acceptors (Lipinski definition) is 6. The fourth-order valence-corrected chi connectivity index (χ4v) is 4.67. The summed E-state index contributed by atoms with van der Waals surface area (Å²) < 4.78 is 12.0. The largest absolute Gasteiger partial charge is 0.490 e. The van der Waals surface area contributed by atoms with Crippen molar-refractivity contribution in [2.75, 3.05) is 26.8 Å². The van der Waals surface area contributed by atoms with E-state index in [1.54, 1.807) is 38.2 Å². The number of imide groups is 1. The van der Waals surface area contributed by atoms with E-state index < -0.39 is 17.5 Å². The van der Waals surface area contributed by atoms with Crippen LogP contribution in [0.25, 0.3) is 0 Å². The molecule has 1 atom stereocenters. The lowest BCUT2D eigenvalue weighted by Gasteiger charge is -2.24. The van der Waals surface area contributed by atoms with Crippen LogP contribution in [0.3, 0.4) is 0 Å². The van der Waals surface area contributed by atoms with Crippen molar-refractivity contribution < 1.29 is 23.9 Å². The van der Waals surface area contributed by atoms with Crippen molar-refractivity contribution in [3.05, 3.63) is 45.1 Å². The molecule has 0 spiro atoms. The van der Waals surface area contributed by atoms with E-state index in [1.165, 1.54) is 16.2 Å². The predicted octanol–water partition coefficient (Wildman–Crippen LogP) is 2.99. The summed E-state index contributed by atoms with van der Waals surface area (Å²) in [4.78, 5) is 41.8. The molecule has 0 bridgehead atoms. The van der Waals surface area contributed by atoms with Gasteiger partial charge in [0.2, 0.25) is 5.91 Å². The molecule has 1 saturated heterocycles. The van der Waals surface area contributed by atoms with Gasteiger partial charge in [0.1, 0.15) is 12.1 Å². The molecular weight excluding hydrogens is 442 g/mol. The van der Waals surface area contributed by atoms with Crippen LogP contribution in [0.15, 0.2) is 30.3 Å². The summed E-state index contributed by atoms with van der Waals surface area (Å²) >= 11 is 7.31. The Balaban J connectivity index is 1.49. The van der Waals surface area contributed by atoms with Crippen LogP contribution in [0.4, 0.5) is 4.79 Å². The Labute approximate surface area is 188 Å². The average Bonchev–Trinajstić information content (AvgIpc) is 3.12. The Hall–Kier alpha value is -2.78. The Morgan fingerprint density at radius 1 is 1.23 bits per heavy atom. The molecule has 0 aliphatic carbocycles. The van der Waals surface area contributed by atoms with Crippen LogP contribution in [0.5, 0.6) is 11.5 Å². The number of urea groups is 1. The number of nitrogens with one attached hydrogen (secondary N) is 1. The first-order chi connectivity index (χ1) is 14.8. The molecule has 31 heavy (non-hydrogen) atoms. The van der Waals surface area contributed by atoms with Crippen LogP contribution in [0.1, 0.15) is 23.8 Å². The topological polar surface area (TPSA) is 88.2 Å². The third-order valence-electron chi connectivity index (χ3n) is 5.34. The number of ether oxygens (including phenoxy) is 2. The van der Waals surface area contributed by atoms with Crippen LogP contribution < -0.4 is 14.8 Å². The van der Waals surface area contributed by atoms with Gasteiger partial charge in [0, 0.05) is 18.3 Å². The van der Waals surface area contributed by atoms with E-state index in [1.807, 2.05) is 6.07 Å². The third kappa shape index (κ3) is 4.20. The maximum Gasteiger partial charge on any atom is 0.325 e. The first-order valence-corrected chi connectivity index (χ1v) is 11.0. The minimum atomic E-state index is -1.30. The Morgan fingerprint density at radius 3 is 2.68 bits per heavy atom. The highest BCUT2D eigenvalue weighted by Gasteiger charge is 2.50. The summed E-state index contributed by atoms with van der Waals surface area (Å²) in [6, 6.07) is 8.15. The molecule has 1 N–H and O–H groups in total. The van der Waals surface area contributed by atoms with E-state index in [-0.39, 0.29) is 12.5 Å². The number of benzene rings is 1. The van der Waals surface area contributed by atoms with E-state index in [0.717, 1.165) is 16.2 Å². The molecule has 2 aliphatic heterocycles. The molecule has 1 aromatic heterocycles. The monoisotopic (exact) mass is 463 g/mol. The van der Waals surface area contributed by atoms with Gasteiger partial charge in [-0.05, 0) is 36.8 Å². The second-order valence-electron chi connectivity index (χ2n) is 7.61. The summed E-state index contributed by atoms with van der Waals surface area (Å²) in [5.74, 6) is 0.287. The number of hydrogen-bond donors (Lipinski definition) is 1. The molecular formula is C21H22ClN3O5S. The molecule has 1 aromatic carbocycles. The van der Waals surface area contributed by atoms with Gasteiger partial charge in [0.15, 0.2) is 11.5 Å². The SMILES string of the molecule is CN(Cc1ccc(Cl)s1)C(=O)CN1C(=O)N[C@](C)(c2ccc3c(c2)OCCCO3)C1=O. The Bertz CT molecular complexity index is 1040. The van der Waals surface area contributed by atoms with Crippen molar-refractivity contribution >= 4 is 40.8 Å². The Morgan fingerprint density at radius 2 is 1.97 bits per heavy atom. The zero-order valence-electron chi connectivity index (χ0n) is 17.1. The van der Waals surface area contributed by atoms with Crippen molar-refractivity contribution in [3.63, 3.8) is 0 Å². The standard InChI is InChI=1S/C21H22ClN3O5S/c1-21(13-4-6-15-16(10-13)30-9-3-8-29-15)19(27)25(20(28)23-21)12-18(26)24(2)11-14-5-7-17(22)31-14/h4-7,10H,3,8-9,11-12H2,1-2H3,(H,23,28)/t21-/m1/s1. The summed E-state index contributed by atoms with van der Waals surface area (Å²) in [6.45, 7) is 2.68. The normalized spacial score (nSPS) is 20.4. The van der Waals surface area contributed by atoms with Crippen LogP contribution >= 0.6 is 22.9 Å². The van der Waals surface area contributed by atoms with E-state index in [9.17, 15) is 14.4 Å². The molecule has 4 rings (SSSR count). The molecule has 0 radical (unpaired) electrons. The molecule has 0 unspecified atom stereocenters. The van der Waals surface area contributed by atoms with Gasteiger partial charge in [-0.3, -0.25) is 14.5 Å². The first-order valence-electron chi connectivity index (χ1n) is 9.80. The number of fused-ring (bicyclic) bond motifs is 1. The summed E-state index contributed by atoms with van der Waals surface area (Å²) in [5.41, 5.74) is -0.742. The van der Waals surface area contributed by atoms with Gasteiger partial charge < -0.3 is 19.7 Å². The van der Waals surface area contributed by atoms with Crippen LogP contribution in [0.2, 0.25) is 4.34 Å². The highest BCUT2D eigenvalue weighted by atomic mass is 35.5. The van der Waals surface area contributed by atoms with E-state index in [2.05, 4.69) is 5.32 Å². The van der Waals surface area contributed by atoms with Crippen LogP contribution in [-0.2, 0) is 21.7 Å². The number of carbonyl (C=O) groups excluding carboxylic acids is 3. The highest BCUT2D eigenvalue weighted by molar-refractivity contribution is 7.16. The van der Waals surface area contributed by atoms with E-state index in [4.69, 9.17) is 21.1 Å². The van der Waals surface area contributed by atoms with Gasteiger partial charge in [-0.15, -0.1) is 11.3 Å². The van der Waals surface area contributed by atoms with Crippen molar-refractivity contribution in [3.8, 4) is 11.5 Å². The Kier molecular flexibility index (Phi) is 5.81. The smallest absolute Gasteiger partial charge is 0.325 e. The van der Waals surface area contributed by atoms with Crippen LogP contribution in [-0.4, -0.2) is 54.5 Å². The van der Waals surface area contributed by atoms with E-state index >= 15 is 0 Å². The average molecular weight is 464 g/mol. The molecule has 2 aliphatic rings. The van der Waals surface area contributed by atoms with Gasteiger partial charge in [0.25, 0.3) is 5.91 Å².